The van der Waals surface area contributed by atoms with Gasteiger partial charge in [0.1, 0.15) is 5.75 Å². The molecular weight excluding hydrogens is 314 g/mol. The lowest BCUT2D eigenvalue weighted by molar-refractivity contribution is 0.0530. The molecule has 0 unspecified atom stereocenters. The first-order valence-electron chi connectivity index (χ1n) is 6.76. The van der Waals surface area contributed by atoms with Gasteiger partial charge in [0.25, 0.3) is 0 Å². The molecule has 5 nitrogen and oxygen atoms in total. The maximum Gasteiger partial charge on any atom is 0.243 e. The summed E-state index contributed by atoms with van der Waals surface area (Å²) in [4.78, 5) is 0.0692. The van der Waals surface area contributed by atoms with Crippen molar-refractivity contribution >= 4 is 21.6 Å². The Kier molecular flexibility index (Phi) is 4.82. The Morgan fingerprint density at radius 1 is 1.38 bits per heavy atom. The molecule has 1 fully saturated rings. The van der Waals surface area contributed by atoms with Crippen LogP contribution in [0.4, 0.5) is 0 Å². The Hall–Kier alpha value is -0.820. The molecular formula is C14H20ClNO4S. The number of methoxy groups -OCH3 is 1. The molecule has 1 heterocycles. The lowest BCUT2D eigenvalue weighted by Crippen LogP contribution is -2.43. The van der Waals surface area contributed by atoms with Crippen LogP contribution in [0.5, 0.6) is 5.75 Å². The largest absolute Gasteiger partial charge is 0.506 e. The van der Waals surface area contributed by atoms with Crippen LogP contribution in [-0.2, 0) is 14.8 Å². The maximum atomic E-state index is 12.6. The van der Waals surface area contributed by atoms with Crippen molar-refractivity contribution in [1.82, 2.24) is 4.31 Å². The topological polar surface area (TPSA) is 66.8 Å². The molecule has 1 N–H and O–H groups in total. The van der Waals surface area contributed by atoms with E-state index in [9.17, 15) is 13.5 Å². The predicted octanol–water partition coefficient (Wildman–Crippen LogP) is 2.48. The fraction of sp³-hybridized carbons (Fsp3) is 0.571. The average molecular weight is 334 g/mol. The van der Waals surface area contributed by atoms with Crippen molar-refractivity contribution in [3.8, 4) is 5.75 Å². The highest BCUT2D eigenvalue weighted by atomic mass is 35.5. The molecule has 0 radical (unpaired) electrons. The minimum Gasteiger partial charge on any atom is -0.506 e. The molecule has 1 aromatic rings. The fourth-order valence-electron chi connectivity index (χ4n) is 2.56. The van der Waals surface area contributed by atoms with Crippen LogP contribution >= 0.6 is 11.6 Å². The van der Waals surface area contributed by atoms with Gasteiger partial charge < -0.3 is 9.84 Å². The number of nitrogens with zero attached hydrogens (tertiary/aromatic N) is 1. The monoisotopic (exact) mass is 333 g/mol. The zero-order chi connectivity index (χ0) is 15.7. The van der Waals surface area contributed by atoms with Gasteiger partial charge >= 0.3 is 0 Å². The smallest absolute Gasteiger partial charge is 0.243 e. The van der Waals surface area contributed by atoms with Gasteiger partial charge in [0.2, 0.25) is 10.0 Å². The van der Waals surface area contributed by atoms with Gasteiger partial charge in [0.05, 0.1) is 16.5 Å². The van der Waals surface area contributed by atoms with Crippen LogP contribution < -0.4 is 0 Å². The minimum atomic E-state index is -3.59. The highest BCUT2D eigenvalue weighted by molar-refractivity contribution is 7.89. The Morgan fingerprint density at radius 3 is 2.52 bits per heavy atom. The number of rotatable bonds is 4. The second kappa shape index (κ2) is 6.12. The van der Waals surface area contributed by atoms with Crippen molar-refractivity contribution in [3.63, 3.8) is 0 Å². The van der Waals surface area contributed by atoms with E-state index in [0.717, 1.165) is 12.8 Å². The van der Waals surface area contributed by atoms with E-state index in [-0.39, 0.29) is 21.1 Å². The number of halogens is 1. The maximum absolute atomic E-state index is 12.6. The summed E-state index contributed by atoms with van der Waals surface area (Å²) < 4.78 is 31.8. The first-order chi connectivity index (χ1) is 9.78. The van der Waals surface area contributed by atoms with Gasteiger partial charge in [-0.2, -0.15) is 4.31 Å². The molecule has 1 aromatic carbocycles. The normalized spacial score (nSPS) is 19.6. The lowest BCUT2D eigenvalue weighted by atomic mass is 9.82. The van der Waals surface area contributed by atoms with Gasteiger partial charge in [-0.3, -0.25) is 0 Å². The van der Waals surface area contributed by atoms with E-state index in [1.165, 1.54) is 22.5 Å². The number of benzene rings is 1. The summed E-state index contributed by atoms with van der Waals surface area (Å²) in [6.07, 6.45) is 1.50. The summed E-state index contributed by atoms with van der Waals surface area (Å²) in [7, 11) is -1.93. The second-order valence-corrected chi connectivity index (χ2v) is 8.11. The van der Waals surface area contributed by atoms with Gasteiger partial charge in [-0.15, -0.1) is 0 Å². The predicted molar refractivity (Wildman–Crippen MR) is 81.1 cm³/mol. The van der Waals surface area contributed by atoms with Crippen molar-refractivity contribution in [2.45, 2.75) is 24.7 Å². The van der Waals surface area contributed by atoms with E-state index in [4.69, 9.17) is 16.3 Å². The Morgan fingerprint density at radius 2 is 2.00 bits per heavy atom. The van der Waals surface area contributed by atoms with Crippen molar-refractivity contribution in [2.24, 2.45) is 5.41 Å². The highest BCUT2D eigenvalue weighted by Gasteiger charge is 2.35. The molecule has 0 aliphatic carbocycles. The van der Waals surface area contributed by atoms with Crippen LogP contribution in [0, 0.1) is 5.41 Å². The van der Waals surface area contributed by atoms with Crippen molar-refractivity contribution < 1.29 is 18.3 Å². The molecule has 1 aliphatic heterocycles. The van der Waals surface area contributed by atoms with Crippen LogP contribution in [0.25, 0.3) is 0 Å². The van der Waals surface area contributed by atoms with Crippen molar-refractivity contribution in [1.29, 1.82) is 0 Å². The molecule has 0 atom stereocenters. The lowest BCUT2D eigenvalue weighted by Gasteiger charge is -2.38. The summed E-state index contributed by atoms with van der Waals surface area (Å²) in [5.74, 6) is -0.223. The van der Waals surface area contributed by atoms with Crippen LogP contribution in [0.2, 0.25) is 5.02 Å². The average Bonchev–Trinajstić information content (AvgIpc) is 2.42. The zero-order valence-electron chi connectivity index (χ0n) is 12.2. The van der Waals surface area contributed by atoms with Gasteiger partial charge in [-0.05, 0) is 30.4 Å². The van der Waals surface area contributed by atoms with Crippen LogP contribution in [0.3, 0.4) is 0 Å². The Bertz CT molecular complexity index is 609. The SMILES string of the molecule is COCC1(C)CCN(S(=O)(=O)c2ccc(Cl)c(O)c2)CC1. The molecule has 2 rings (SSSR count). The number of phenolic OH excluding ortho intramolecular Hbond substituents is 1. The Labute approximate surface area is 130 Å². The van der Waals surface area contributed by atoms with Crippen molar-refractivity contribution in [3.05, 3.63) is 23.2 Å². The molecule has 0 amide bonds. The number of phenols is 1. The van der Waals surface area contributed by atoms with Crippen LogP contribution in [-0.4, -0.2) is 44.6 Å². The number of hydrogen-bond acceptors (Lipinski definition) is 4. The molecule has 7 heteroatoms. The molecule has 1 saturated heterocycles. The van der Waals surface area contributed by atoms with Gasteiger partial charge in [0, 0.05) is 26.3 Å². The zero-order valence-corrected chi connectivity index (χ0v) is 13.7. The first-order valence-corrected chi connectivity index (χ1v) is 8.58. The summed E-state index contributed by atoms with van der Waals surface area (Å²) in [6.45, 7) is 3.63. The molecule has 21 heavy (non-hydrogen) atoms. The third kappa shape index (κ3) is 3.51. The molecule has 0 bridgehead atoms. The van der Waals surface area contributed by atoms with E-state index < -0.39 is 10.0 Å². The van der Waals surface area contributed by atoms with Gasteiger partial charge in [0.15, 0.2) is 0 Å². The molecule has 0 spiro atoms. The van der Waals surface area contributed by atoms with Crippen LogP contribution in [0.1, 0.15) is 19.8 Å². The number of hydrogen-bond donors (Lipinski definition) is 1. The first kappa shape index (κ1) is 16.5. The second-order valence-electron chi connectivity index (χ2n) is 5.76. The van der Waals surface area contributed by atoms with E-state index >= 15 is 0 Å². The third-order valence-corrected chi connectivity index (χ3v) is 6.19. The number of sulfonamides is 1. The molecule has 0 saturated carbocycles. The molecule has 0 aromatic heterocycles. The number of ether oxygens (including phenoxy) is 1. The summed E-state index contributed by atoms with van der Waals surface area (Å²) in [6, 6.07) is 4.00. The van der Waals surface area contributed by atoms with Crippen LogP contribution in [0.15, 0.2) is 23.1 Å². The van der Waals surface area contributed by atoms with Gasteiger partial charge in [-0.1, -0.05) is 18.5 Å². The Balaban J connectivity index is 2.16. The quantitative estimate of drug-likeness (QED) is 0.919. The third-order valence-electron chi connectivity index (χ3n) is 3.98. The number of aromatic hydroxyl groups is 1. The number of piperidine rings is 1. The fourth-order valence-corrected chi connectivity index (χ4v) is 4.14. The summed E-state index contributed by atoms with van der Waals surface area (Å²) >= 11 is 5.72. The van der Waals surface area contributed by atoms with Gasteiger partial charge in [-0.25, -0.2) is 8.42 Å². The van der Waals surface area contributed by atoms with E-state index in [1.807, 2.05) is 0 Å². The highest BCUT2D eigenvalue weighted by Crippen LogP contribution is 2.34. The molecule has 1 aliphatic rings. The molecule has 118 valence electrons. The van der Waals surface area contributed by atoms with E-state index in [2.05, 4.69) is 6.92 Å². The van der Waals surface area contributed by atoms with Crippen molar-refractivity contribution in [2.75, 3.05) is 26.8 Å². The summed E-state index contributed by atoms with van der Waals surface area (Å²) in [5.41, 5.74) is 0.0168. The summed E-state index contributed by atoms with van der Waals surface area (Å²) in [5, 5.41) is 9.72. The van der Waals surface area contributed by atoms with E-state index in [1.54, 1.807) is 7.11 Å². The van der Waals surface area contributed by atoms with E-state index in [0.29, 0.717) is 19.7 Å². The minimum absolute atomic E-state index is 0.0168. The standard InChI is InChI=1S/C14H20ClNO4S/c1-14(10-20-2)5-7-16(8-6-14)21(18,19)11-3-4-12(15)13(17)9-11/h3-4,9,17H,5-8,10H2,1-2H3.